The average Bonchev–Trinajstić information content (AvgIpc) is 2.80. The van der Waals surface area contributed by atoms with Crippen molar-refractivity contribution in [3.8, 4) is 0 Å². The van der Waals surface area contributed by atoms with E-state index >= 15 is 0 Å². The summed E-state index contributed by atoms with van der Waals surface area (Å²) in [5.74, 6) is 0.723. The number of anilines is 1. The summed E-state index contributed by atoms with van der Waals surface area (Å²) in [5, 5.41) is 2.81. The number of aryl methyl sites for hydroxylation is 2. The molecule has 180 valence electrons. The lowest BCUT2D eigenvalue weighted by Crippen LogP contribution is -2.41. The molecule has 0 radical (unpaired) electrons. The first-order chi connectivity index (χ1) is 16.3. The Morgan fingerprint density at radius 2 is 1.62 bits per heavy atom. The standard InChI is InChI=1S/C26H29FN2O3S2/c1-20-15-21(2)17-23(16-20)29(34(31,32)24-10-4-3-5-11-24)18-26(30)28-13-8-14-33-19-22-9-6-7-12-25(22)27/h3-7,9-12,15-17H,8,13-14,18-19H2,1-2H3,(H,28,30). The van der Waals surface area contributed by atoms with E-state index in [0.717, 1.165) is 21.2 Å². The number of hydrogen-bond donors (Lipinski definition) is 1. The maximum absolute atomic E-state index is 13.7. The van der Waals surface area contributed by atoms with Crippen LogP contribution in [0.25, 0.3) is 0 Å². The third-order valence-electron chi connectivity index (χ3n) is 5.12. The van der Waals surface area contributed by atoms with Crippen LogP contribution in [0.4, 0.5) is 10.1 Å². The molecule has 0 unspecified atom stereocenters. The van der Waals surface area contributed by atoms with Gasteiger partial charge in [0.05, 0.1) is 10.6 Å². The van der Waals surface area contributed by atoms with Crippen LogP contribution in [0.15, 0.2) is 77.7 Å². The predicted octanol–water partition coefficient (Wildman–Crippen LogP) is 5.08. The number of hydrogen-bond acceptors (Lipinski definition) is 4. The molecule has 0 fully saturated rings. The van der Waals surface area contributed by atoms with Gasteiger partial charge in [-0.05, 0) is 73.0 Å². The van der Waals surface area contributed by atoms with E-state index in [9.17, 15) is 17.6 Å². The van der Waals surface area contributed by atoms with Gasteiger partial charge in [-0.2, -0.15) is 11.8 Å². The van der Waals surface area contributed by atoms with Gasteiger partial charge in [0.25, 0.3) is 10.0 Å². The molecule has 3 rings (SSSR count). The van der Waals surface area contributed by atoms with E-state index in [4.69, 9.17) is 0 Å². The highest BCUT2D eigenvalue weighted by Crippen LogP contribution is 2.25. The Hall–Kier alpha value is -2.84. The lowest BCUT2D eigenvalue weighted by atomic mass is 10.1. The topological polar surface area (TPSA) is 66.5 Å². The Labute approximate surface area is 205 Å². The highest BCUT2D eigenvalue weighted by molar-refractivity contribution is 7.98. The predicted molar refractivity (Wildman–Crippen MR) is 137 cm³/mol. The third kappa shape index (κ3) is 7.08. The SMILES string of the molecule is Cc1cc(C)cc(N(CC(=O)NCCCSCc2ccccc2F)S(=O)(=O)c2ccccc2)c1. The molecule has 0 spiro atoms. The van der Waals surface area contributed by atoms with E-state index in [2.05, 4.69) is 5.32 Å². The van der Waals surface area contributed by atoms with Crippen molar-refractivity contribution in [2.24, 2.45) is 0 Å². The third-order valence-corrected chi connectivity index (χ3v) is 8.00. The monoisotopic (exact) mass is 500 g/mol. The molecule has 0 heterocycles. The summed E-state index contributed by atoms with van der Waals surface area (Å²) in [7, 11) is -3.92. The molecule has 5 nitrogen and oxygen atoms in total. The number of halogens is 1. The maximum atomic E-state index is 13.7. The van der Waals surface area contributed by atoms with E-state index < -0.39 is 10.0 Å². The van der Waals surface area contributed by atoms with Gasteiger partial charge >= 0.3 is 0 Å². The Balaban J connectivity index is 1.61. The van der Waals surface area contributed by atoms with Crippen molar-refractivity contribution in [3.63, 3.8) is 0 Å². The molecule has 3 aromatic carbocycles. The normalized spacial score (nSPS) is 11.3. The molecule has 8 heteroatoms. The van der Waals surface area contributed by atoms with Gasteiger partial charge < -0.3 is 5.32 Å². The fourth-order valence-corrected chi connectivity index (χ4v) is 5.89. The van der Waals surface area contributed by atoms with Gasteiger partial charge in [0.15, 0.2) is 0 Å². The van der Waals surface area contributed by atoms with Crippen LogP contribution >= 0.6 is 11.8 Å². The summed E-state index contributed by atoms with van der Waals surface area (Å²) < 4.78 is 41.6. The van der Waals surface area contributed by atoms with Crippen LogP contribution in [0, 0.1) is 19.7 Å². The van der Waals surface area contributed by atoms with Gasteiger partial charge in [-0.25, -0.2) is 12.8 Å². The summed E-state index contributed by atoms with van der Waals surface area (Å²) in [4.78, 5) is 12.8. The van der Waals surface area contributed by atoms with Crippen LogP contribution in [0.1, 0.15) is 23.1 Å². The first-order valence-corrected chi connectivity index (χ1v) is 13.6. The Kier molecular flexibility index (Phi) is 9.12. The molecule has 1 N–H and O–H groups in total. The molecular weight excluding hydrogens is 471 g/mol. The minimum atomic E-state index is -3.92. The summed E-state index contributed by atoms with van der Waals surface area (Å²) in [5.41, 5.74) is 2.94. The smallest absolute Gasteiger partial charge is 0.264 e. The Morgan fingerprint density at radius 1 is 0.971 bits per heavy atom. The van der Waals surface area contributed by atoms with Gasteiger partial charge in [0.2, 0.25) is 5.91 Å². The molecule has 0 aliphatic rings. The molecular formula is C26H29FN2O3S2. The van der Waals surface area contributed by atoms with Gasteiger partial charge in [0, 0.05) is 12.3 Å². The van der Waals surface area contributed by atoms with Crippen LogP contribution in [0.3, 0.4) is 0 Å². The van der Waals surface area contributed by atoms with Crippen molar-refractivity contribution in [2.45, 2.75) is 30.9 Å². The number of carbonyl (C=O) groups is 1. The molecule has 34 heavy (non-hydrogen) atoms. The van der Waals surface area contributed by atoms with Crippen molar-refractivity contribution in [2.75, 3.05) is 23.1 Å². The highest BCUT2D eigenvalue weighted by Gasteiger charge is 2.27. The Bertz CT molecular complexity index is 1200. The van der Waals surface area contributed by atoms with E-state index in [0.29, 0.717) is 30.0 Å². The van der Waals surface area contributed by atoms with Crippen LogP contribution in [0.2, 0.25) is 0 Å². The average molecular weight is 501 g/mol. The molecule has 0 bridgehead atoms. The minimum absolute atomic E-state index is 0.131. The second-order valence-corrected chi connectivity index (χ2v) is 11.0. The van der Waals surface area contributed by atoms with E-state index in [1.165, 1.54) is 18.2 Å². The van der Waals surface area contributed by atoms with Gasteiger partial charge in [-0.3, -0.25) is 9.10 Å². The molecule has 0 aliphatic carbocycles. The van der Waals surface area contributed by atoms with Gasteiger partial charge in [0.1, 0.15) is 12.4 Å². The minimum Gasteiger partial charge on any atom is -0.354 e. The van der Waals surface area contributed by atoms with E-state index in [1.54, 1.807) is 54.2 Å². The first kappa shape index (κ1) is 25.8. The number of carbonyl (C=O) groups excluding carboxylic acids is 1. The van der Waals surface area contributed by atoms with Crippen molar-refractivity contribution >= 4 is 33.4 Å². The largest absolute Gasteiger partial charge is 0.354 e. The lowest BCUT2D eigenvalue weighted by Gasteiger charge is -2.25. The zero-order chi connectivity index (χ0) is 24.6. The van der Waals surface area contributed by atoms with Gasteiger partial charge in [-0.1, -0.05) is 42.5 Å². The molecule has 0 aliphatic heterocycles. The van der Waals surface area contributed by atoms with Crippen molar-refractivity contribution in [1.82, 2.24) is 5.32 Å². The number of thioether (sulfide) groups is 1. The first-order valence-electron chi connectivity index (χ1n) is 11.0. The number of benzene rings is 3. The molecule has 0 saturated carbocycles. The summed E-state index contributed by atoms with van der Waals surface area (Å²) in [6.07, 6.45) is 0.694. The number of amides is 1. The van der Waals surface area contributed by atoms with Crippen LogP contribution in [0.5, 0.6) is 0 Å². The fourth-order valence-electron chi connectivity index (χ4n) is 3.52. The maximum Gasteiger partial charge on any atom is 0.264 e. The van der Waals surface area contributed by atoms with Crippen LogP contribution < -0.4 is 9.62 Å². The summed E-state index contributed by atoms with van der Waals surface area (Å²) in [6, 6.07) is 20.3. The van der Waals surface area contributed by atoms with E-state index in [-0.39, 0.29) is 23.2 Å². The highest BCUT2D eigenvalue weighted by atomic mass is 32.2. The fraction of sp³-hybridized carbons (Fsp3) is 0.269. The number of nitrogens with zero attached hydrogens (tertiary/aromatic N) is 1. The number of sulfonamides is 1. The Morgan fingerprint density at radius 3 is 2.29 bits per heavy atom. The van der Waals surface area contributed by atoms with Crippen molar-refractivity contribution < 1.29 is 17.6 Å². The number of nitrogens with one attached hydrogen (secondary N) is 1. The molecule has 0 saturated heterocycles. The summed E-state index contributed by atoms with van der Waals surface area (Å²) in [6.45, 7) is 3.88. The van der Waals surface area contributed by atoms with Crippen molar-refractivity contribution in [3.05, 3.63) is 95.3 Å². The zero-order valence-electron chi connectivity index (χ0n) is 19.3. The zero-order valence-corrected chi connectivity index (χ0v) is 21.0. The summed E-state index contributed by atoms with van der Waals surface area (Å²) >= 11 is 1.59. The quantitative estimate of drug-likeness (QED) is 0.373. The number of rotatable bonds is 11. The second-order valence-electron chi connectivity index (χ2n) is 8.02. The van der Waals surface area contributed by atoms with Gasteiger partial charge in [-0.15, -0.1) is 0 Å². The molecule has 1 amide bonds. The van der Waals surface area contributed by atoms with Crippen LogP contribution in [-0.2, 0) is 20.6 Å². The second kappa shape index (κ2) is 12.0. The molecule has 0 aromatic heterocycles. The van der Waals surface area contributed by atoms with E-state index in [1.807, 2.05) is 26.0 Å². The van der Waals surface area contributed by atoms with Crippen molar-refractivity contribution in [1.29, 1.82) is 0 Å². The van der Waals surface area contributed by atoms with Crippen LogP contribution in [-0.4, -0.2) is 33.2 Å². The lowest BCUT2D eigenvalue weighted by molar-refractivity contribution is -0.119. The molecule has 0 atom stereocenters. The molecule has 3 aromatic rings.